The molecule has 10 heteroatoms. The van der Waals surface area contributed by atoms with Crippen LogP contribution in [0.2, 0.25) is 0 Å². The number of hydrogen-bond acceptors (Lipinski definition) is 5. The number of nitrogens with one attached hydrogen (secondary N) is 1. The number of ether oxygens (including phenoxy) is 1. The molecule has 1 aliphatic rings. The van der Waals surface area contributed by atoms with Crippen molar-refractivity contribution in [3.05, 3.63) is 29.4 Å². The number of anilines is 1. The van der Waals surface area contributed by atoms with Gasteiger partial charge in [-0.2, -0.15) is 18.3 Å². The van der Waals surface area contributed by atoms with Crippen LogP contribution in [0.3, 0.4) is 0 Å². The lowest BCUT2D eigenvalue weighted by Gasteiger charge is -2.16. The van der Waals surface area contributed by atoms with E-state index in [-0.39, 0.29) is 12.4 Å². The van der Waals surface area contributed by atoms with Crippen LogP contribution in [-0.4, -0.2) is 33.6 Å². The number of fused-ring (bicyclic) bond motifs is 1. The quantitative estimate of drug-likeness (QED) is 0.889. The van der Waals surface area contributed by atoms with Gasteiger partial charge in [-0.1, -0.05) is 12.1 Å². The summed E-state index contributed by atoms with van der Waals surface area (Å²) in [6.45, 7) is 0.368. The summed E-state index contributed by atoms with van der Waals surface area (Å²) >= 11 is 0. The van der Waals surface area contributed by atoms with Gasteiger partial charge in [0, 0.05) is 12.0 Å². The zero-order valence-corrected chi connectivity index (χ0v) is 13.5. The van der Waals surface area contributed by atoms with E-state index in [1.165, 1.54) is 12.4 Å². The van der Waals surface area contributed by atoms with Crippen LogP contribution in [-0.2, 0) is 24.3 Å². The van der Waals surface area contributed by atoms with Crippen LogP contribution >= 0.6 is 0 Å². The molecule has 2 aromatic rings. The van der Waals surface area contributed by atoms with Gasteiger partial charge < -0.3 is 14.6 Å². The highest BCUT2D eigenvalue weighted by Gasteiger charge is 2.28. The average Bonchev–Trinajstić information content (AvgIpc) is 3.12. The van der Waals surface area contributed by atoms with Crippen LogP contribution in [0.5, 0.6) is 0 Å². The van der Waals surface area contributed by atoms with Gasteiger partial charge in [0.05, 0.1) is 18.1 Å². The average molecular weight is 358 g/mol. The number of nitrogens with zero attached hydrogens (tertiary/aromatic N) is 3. The first-order chi connectivity index (χ1) is 11.8. The number of carbonyl (C=O) groups is 1. The van der Waals surface area contributed by atoms with Crippen molar-refractivity contribution < 1.29 is 27.2 Å². The third kappa shape index (κ3) is 4.38. The van der Waals surface area contributed by atoms with Crippen LogP contribution in [0.4, 0.5) is 18.9 Å². The molecule has 0 fully saturated rings. The number of hydrogen-bond donors (Lipinski definition) is 1. The minimum Gasteiger partial charge on any atom is -0.360 e. The second kappa shape index (κ2) is 6.87. The van der Waals surface area contributed by atoms with Crippen molar-refractivity contribution in [2.75, 3.05) is 11.9 Å². The van der Waals surface area contributed by atoms with E-state index in [4.69, 9.17) is 4.52 Å². The molecule has 0 spiro atoms. The summed E-state index contributed by atoms with van der Waals surface area (Å²) < 4.78 is 47.0. The van der Waals surface area contributed by atoms with Crippen LogP contribution in [0.25, 0.3) is 0 Å². The SMILES string of the molecule is CC1CCc2onc(C(=O)Nc3cnn(COCC(F)(F)F)c3)c2C1. The van der Waals surface area contributed by atoms with E-state index in [2.05, 4.69) is 27.2 Å². The number of halogens is 3. The van der Waals surface area contributed by atoms with Gasteiger partial charge in [0.25, 0.3) is 5.91 Å². The van der Waals surface area contributed by atoms with Crippen molar-refractivity contribution in [1.82, 2.24) is 14.9 Å². The monoisotopic (exact) mass is 358 g/mol. The number of aryl methyl sites for hydroxylation is 1. The molecule has 1 amide bonds. The molecule has 0 saturated carbocycles. The van der Waals surface area contributed by atoms with Gasteiger partial charge in [-0.15, -0.1) is 0 Å². The van der Waals surface area contributed by atoms with Gasteiger partial charge in [0.2, 0.25) is 0 Å². The van der Waals surface area contributed by atoms with Crippen molar-refractivity contribution >= 4 is 11.6 Å². The molecular formula is C15H17F3N4O3. The standard InChI is InChI=1S/C15H17F3N4O3/c1-9-2-3-12-11(4-9)13(21-25-12)14(23)20-10-5-19-22(6-10)8-24-7-15(16,17)18/h5-6,9H,2-4,7-8H2,1H3,(H,20,23). The van der Waals surface area contributed by atoms with E-state index in [9.17, 15) is 18.0 Å². The molecule has 3 rings (SSSR count). The van der Waals surface area contributed by atoms with E-state index in [0.29, 0.717) is 11.6 Å². The Balaban J connectivity index is 1.60. The Bertz CT molecular complexity index is 754. The van der Waals surface area contributed by atoms with Crippen LogP contribution in [0.15, 0.2) is 16.9 Å². The Kier molecular flexibility index (Phi) is 4.80. The van der Waals surface area contributed by atoms with Gasteiger partial charge in [0.1, 0.15) is 19.1 Å². The molecule has 0 radical (unpaired) electrons. The van der Waals surface area contributed by atoms with Crippen molar-refractivity contribution in [2.24, 2.45) is 5.92 Å². The zero-order chi connectivity index (χ0) is 18.0. The van der Waals surface area contributed by atoms with Gasteiger partial charge in [-0.3, -0.25) is 4.79 Å². The number of rotatable bonds is 5. The topological polar surface area (TPSA) is 82.2 Å². The van der Waals surface area contributed by atoms with E-state index in [1.54, 1.807) is 0 Å². The summed E-state index contributed by atoms with van der Waals surface area (Å²) in [4.78, 5) is 12.4. The van der Waals surface area contributed by atoms with Crippen LogP contribution in [0.1, 0.15) is 35.2 Å². The Morgan fingerprint density at radius 1 is 1.52 bits per heavy atom. The summed E-state index contributed by atoms with van der Waals surface area (Å²) in [6, 6.07) is 0. The molecule has 2 aromatic heterocycles. The summed E-state index contributed by atoms with van der Waals surface area (Å²) in [5, 5.41) is 10.3. The third-order valence-corrected chi connectivity index (χ3v) is 3.88. The molecule has 7 nitrogen and oxygen atoms in total. The van der Waals surface area contributed by atoms with Gasteiger partial charge in [-0.05, 0) is 18.8 Å². The van der Waals surface area contributed by atoms with Crippen molar-refractivity contribution in [3.8, 4) is 0 Å². The van der Waals surface area contributed by atoms with Crippen molar-refractivity contribution in [1.29, 1.82) is 0 Å². The first-order valence-electron chi connectivity index (χ1n) is 7.77. The highest BCUT2D eigenvalue weighted by molar-refractivity contribution is 6.03. The summed E-state index contributed by atoms with van der Waals surface area (Å²) in [6.07, 6.45) is 0.784. The molecule has 1 N–H and O–H groups in total. The van der Waals surface area contributed by atoms with Gasteiger partial charge in [-0.25, -0.2) is 4.68 Å². The predicted octanol–water partition coefficient (Wildman–Crippen LogP) is 2.78. The third-order valence-electron chi connectivity index (χ3n) is 3.88. The van der Waals surface area contributed by atoms with Gasteiger partial charge >= 0.3 is 6.18 Å². The number of aromatic nitrogens is 3. The summed E-state index contributed by atoms with van der Waals surface area (Å²) in [5.74, 6) is 0.751. The van der Waals surface area contributed by atoms with Crippen LogP contribution < -0.4 is 5.32 Å². The minimum atomic E-state index is -4.40. The Morgan fingerprint density at radius 2 is 2.32 bits per heavy atom. The fourth-order valence-electron chi connectivity index (χ4n) is 2.70. The Hall–Kier alpha value is -2.36. The second-order valence-corrected chi connectivity index (χ2v) is 6.10. The first-order valence-corrected chi connectivity index (χ1v) is 7.77. The maximum atomic E-state index is 12.4. The molecule has 25 heavy (non-hydrogen) atoms. The Labute approximate surface area is 141 Å². The highest BCUT2D eigenvalue weighted by Crippen LogP contribution is 2.28. The number of amides is 1. The van der Waals surface area contributed by atoms with E-state index >= 15 is 0 Å². The number of carbonyl (C=O) groups excluding carboxylic acids is 1. The first kappa shape index (κ1) is 17.5. The fourth-order valence-corrected chi connectivity index (χ4v) is 2.70. The molecule has 0 bridgehead atoms. The lowest BCUT2D eigenvalue weighted by molar-refractivity contribution is -0.182. The van der Waals surface area contributed by atoms with Crippen molar-refractivity contribution in [3.63, 3.8) is 0 Å². The molecule has 0 aliphatic heterocycles. The van der Waals surface area contributed by atoms with E-state index < -0.39 is 18.7 Å². The zero-order valence-electron chi connectivity index (χ0n) is 13.5. The molecule has 1 atom stereocenters. The van der Waals surface area contributed by atoms with E-state index in [1.807, 2.05) is 0 Å². The maximum absolute atomic E-state index is 12.4. The van der Waals surface area contributed by atoms with Gasteiger partial charge in [0.15, 0.2) is 5.69 Å². The number of alkyl halides is 3. The second-order valence-electron chi connectivity index (χ2n) is 6.10. The fraction of sp³-hybridized carbons (Fsp3) is 0.533. The molecule has 0 aromatic carbocycles. The molecule has 136 valence electrons. The summed E-state index contributed by atoms with van der Waals surface area (Å²) in [5.41, 5.74) is 1.39. The molecule has 2 heterocycles. The smallest absolute Gasteiger partial charge is 0.360 e. The highest BCUT2D eigenvalue weighted by atomic mass is 19.4. The lowest BCUT2D eigenvalue weighted by atomic mass is 9.88. The maximum Gasteiger partial charge on any atom is 0.411 e. The predicted molar refractivity (Wildman–Crippen MR) is 79.9 cm³/mol. The van der Waals surface area contributed by atoms with Crippen LogP contribution in [0, 0.1) is 5.92 Å². The Morgan fingerprint density at radius 3 is 3.08 bits per heavy atom. The molecule has 1 unspecified atom stereocenters. The van der Waals surface area contributed by atoms with Crippen molar-refractivity contribution in [2.45, 2.75) is 39.1 Å². The molecule has 0 saturated heterocycles. The molecule has 1 aliphatic carbocycles. The normalized spacial score (nSPS) is 17.4. The lowest BCUT2D eigenvalue weighted by Crippen LogP contribution is -2.18. The van der Waals surface area contributed by atoms with E-state index in [0.717, 1.165) is 35.3 Å². The molecular weight excluding hydrogens is 341 g/mol. The summed E-state index contributed by atoms with van der Waals surface area (Å²) in [7, 11) is 0. The minimum absolute atomic E-state index is 0.239. The largest absolute Gasteiger partial charge is 0.411 e.